The van der Waals surface area contributed by atoms with E-state index in [1.165, 1.54) is 11.6 Å². The second-order valence-electron chi connectivity index (χ2n) is 5.37. The third-order valence-electron chi connectivity index (χ3n) is 4.13. The summed E-state index contributed by atoms with van der Waals surface area (Å²) in [6.45, 7) is 0.654. The van der Waals surface area contributed by atoms with Crippen LogP contribution in [0.4, 0.5) is 5.69 Å². The number of rotatable bonds is 4. The highest BCUT2D eigenvalue weighted by Gasteiger charge is 2.26. The number of fused-ring (bicyclic) bond motifs is 1. The molecule has 0 saturated carbocycles. The molecule has 0 amide bonds. The summed E-state index contributed by atoms with van der Waals surface area (Å²) in [6, 6.07) is 6.74. The van der Waals surface area contributed by atoms with Gasteiger partial charge in [0.15, 0.2) is 0 Å². The Labute approximate surface area is 122 Å². The highest BCUT2D eigenvalue weighted by atomic mass is 16.6. The first-order valence-corrected chi connectivity index (χ1v) is 7.23. The van der Waals surface area contributed by atoms with Gasteiger partial charge in [-0.2, -0.15) is 5.10 Å². The van der Waals surface area contributed by atoms with Crippen LogP contribution in [0.15, 0.2) is 30.5 Å². The summed E-state index contributed by atoms with van der Waals surface area (Å²) < 4.78 is 1.73. The number of nitro benzene ring substituents is 1. The van der Waals surface area contributed by atoms with Gasteiger partial charge in [-0.3, -0.25) is 10.1 Å². The summed E-state index contributed by atoms with van der Waals surface area (Å²) in [4.78, 5) is 10.8. The minimum atomic E-state index is -0.358. The lowest BCUT2D eigenvalue weighted by molar-refractivity contribution is -0.384. The predicted molar refractivity (Wildman–Crippen MR) is 79.6 cm³/mol. The first-order valence-electron chi connectivity index (χ1n) is 7.23. The maximum Gasteiger partial charge on any atom is 0.294 e. The van der Waals surface area contributed by atoms with Crippen LogP contribution < -0.4 is 5.73 Å². The van der Waals surface area contributed by atoms with Crippen molar-refractivity contribution in [1.82, 2.24) is 9.78 Å². The Balaban J connectivity index is 2.08. The van der Waals surface area contributed by atoms with Crippen LogP contribution in [0.25, 0.3) is 5.69 Å². The number of hydrogen-bond donors (Lipinski definition) is 1. The van der Waals surface area contributed by atoms with Crippen molar-refractivity contribution >= 4 is 5.69 Å². The van der Waals surface area contributed by atoms with E-state index in [-0.39, 0.29) is 10.6 Å². The maximum absolute atomic E-state index is 11.2. The average molecular weight is 286 g/mol. The largest absolute Gasteiger partial charge is 0.330 e. The zero-order chi connectivity index (χ0) is 14.8. The highest BCUT2D eigenvalue weighted by molar-refractivity contribution is 5.53. The van der Waals surface area contributed by atoms with Crippen LogP contribution in [0.2, 0.25) is 0 Å². The van der Waals surface area contributed by atoms with Crippen molar-refractivity contribution in [2.24, 2.45) is 5.73 Å². The Hall–Kier alpha value is -2.21. The number of hydrogen-bond acceptors (Lipinski definition) is 4. The molecule has 21 heavy (non-hydrogen) atoms. The van der Waals surface area contributed by atoms with Crippen molar-refractivity contribution in [1.29, 1.82) is 0 Å². The fourth-order valence-corrected chi connectivity index (χ4v) is 3.16. The van der Waals surface area contributed by atoms with Crippen molar-refractivity contribution in [3.05, 3.63) is 51.8 Å². The molecule has 1 unspecified atom stereocenters. The molecule has 3 rings (SSSR count). The van der Waals surface area contributed by atoms with Gasteiger partial charge in [-0.25, -0.2) is 4.68 Å². The van der Waals surface area contributed by atoms with E-state index in [2.05, 4.69) is 5.10 Å². The molecule has 0 saturated heterocycles. The number of nitrogens with zero attached hydrogens (tertiary/aromatic N) is 3. The van der Waals surface area contributed by atoms with E-state index in [1.807, 2.05) is 6.20 Å². The van der Waals surface area contributed by atoms with Crippen molar-refractivity contribution in [2.45, 2.75) is 31.6 Å². The molecule has 0 radical (unpaired) electrons. The average Bonchev–Trinajstić information content (AvgIpc) is 2.92. The summed E-state index contributed by atoms with van der Waals surface area (Å²) in [5.41, 5.74) is 8.60. The lowest BCUT2D eigenvalue weighted by Gasteiger charge is -2.22. The van der Waals surface area contributed by atoms with Gasteiger partial charge in [-0.1, -0.05) is 12.1 Å². The van der Waals surface area contributed by atoms with E-state index in [9.17, 15) is 10.1 Å². The summed E-state index contributed by atoms with van der Waals surface area (Å²) in [6.07, 6.45) is 5.89. The first kappa shape index (κ1) is 13.8. The van der Waals surface area contributed by atoms with Crippen LogP contribution in [0, 0.1) is 10.1 Å². The normalized spacial score (nSPS) is 17.5. The molecule has 6 nitrogen and oxygen atoms in total. The summed E-state index contributed by atoms with van der Waals surface area (Å²) in [5.74, 6) is 0.426. The lowest BCUT2D eigenvalue weighted by Crippen LogP contribution is -2.15. The van der Waals surface area contributed by atoms with E-state index in [1.54, 1.807) is 22.9 Å². The van der Waals surface area contributed by atoms with Crippen LogP contribution in [-0.2, 0) is 6.42 Å². The molecule has 1 aliphatic rings. The number of para-hydroxylation sites is 2. The van der Waals surface area contributed by atoms with Gasteiger partial charge in [0.05, 0.1) is 11.1 Å². The van der Waals surface area contributed by atoms with E-state index in [0.29, 0.717) is 18.2 Å². The highest BCUT2D eigenvalue weighted by Crippen LogP contribution is 2.35. The molecule has 0 bridgehead atoms. The molecule has 1 atom stereocenters. The fourth-order valence-electron chi connectivity index (χ4n) is 3.16. The van der Waals surface area contributed by atoms with Crippen LogP contribution in [0.3, 0.4) is 0 Å². The molecule has 6 heteroatoms. The topological polar surface area (TPSA) is 87.0 Å². The van der Waals surface area contributed by atoms with Gasteiger partial charge < -0.3 is 5.73 Å². The third-order valence-corrected chi connectivity index (χ3v) is 4.13. The second kappa shape index (κ2) is 5.65. The summed E-state index contributed by atoms with van der Waals surface area (Å²) >= 11 is 0. The first-order chi connectivity index (χ1) is 10.2. The molecule has 1 aliphatic carbocycles. The monoisotopic (exact) mass is 286 g/mol. The van der Waals surface area contributed by atoms with Crippen LogP contribution in [0.5, 0.6) is 0 Å². The Morgan fingerprint density at radius 1 is 1.43 bits per heavy atom. The molecule has 110 valence electrons. The van der Waals surface area contributed by atoms with E-state index < -0.39 is 0 Å². The molecule has 2 aromatic rings. The van der Waals surface area contributed by atoms with Crippen LogP contribution in [-0.4, -0.2) is 21.2 Å². The van der Waals surface area contributed by atoms with E-state index in [4.69, 9.17) is 5.73 Å². The second-order valence-corrected chi connectivity index (χ2v) is 5.37. The van der Waals surface area contributed by atoms with Gasteiger partial charge in [-0.05, 0) is 49.8 Å². The predicted octanol–water partition coefficient (Wildman–Crippen LogP) is 2.55. The maximum atomic E-state index is 11.2. The van der Waals surface area contributed by atoms with Gasteiger partial charge in [0, 0.05) is 11.8 Å². The molecule has 1 heterocycles. The van der Waals surface area contributed by atoms with Gasteiger partial charge in [0.25, 0.3) is 5.69 Å². The number of nitrogens with two attached hydrogens (primary N) is 1. The molecular weight excluding hydrogens is 268 g/mol. The van der Waals surface area contributed by atoms with E-state index >= 15 is 0 Å². The van der Waals surface area contributed by atoms with Crippen molar-refractivity contribution < 1.29 is 4.92 Å². The number of nitro groups is 1. The molecule has 0 aliphatic heterocycles. The molecule has 2 N–H and O–H groups in total. The minimum absolute atomic E-state index is 0.0874. The quantitative estimate of drug-likeness (QED) is 0.691. The van der Waals surface area contributed by atoms with Gasteiger partial charge in [-0.15, -0.1) is 0 Å². The SMILES string of the molecule is NCCC1CCCc2c1cnn2-c1ccccc1[N+](=O)[O-]. The molecule has 0 spiro atoms. The Morgan fingerprint density at radius 3 is 3.00 bits per heavy atom. The fraction of sp³-hybridized carbons (Fsp3) is 0.400. The Morgan fingerprint density at radius 2 is 2.24 bits per heavy atom. The Kier molecular flexibility index (Phi) is 3.70. The summed E-state index contributed by atoms with van der Waals surface area (Å²) in [5, 5.41) is 15.6. The van der Waals surface area contributed by atoms with Crippen molar-refractivity contribution in [2.75, 3.05) is 6.54 Å². The van der Waals surface area contributed by atoms with E-state index in [0.717, 1.165) is 31.4 Å². The lowest BCUT2D eigenvalue weighted by atomic mass is 9.85. The van der Waals surface area contributed by atoms with Gasteiger partial charge in [0.2, 0.25) is 0 Å². The van der Waals surface area contributed by atoms with Gasteiger partial charge >= 0.3 is 0 Å². The van der Waals surface area contributed by atoms with Crippen molar-refractivity contribution in [3.63, 3.8) is 0 Å². The number of benzene rings is 1. The van der Waals surface area contributed by atoms with Crippen molar-refractivity contribution in [3.8, 4) is 5.69 Å². The molecular formula is C15H18N4O2. The minimum Gasteiger partial charge on any atom is -0.330 e. The van der Waals surface area contributed by atoms with Crippen LogP contribution in [0.1, 0.15) is 36.4 Å². The van der Waals surface area contributed by atoms with Gasteiger partial charge in [0.1, 0.15) is 5.69 Å². The molecule has 0 fully saturated rings. The number of aromatic nitrogens is 2. The zero-order valence-corrected chi connectivity index (χ0v) is 11.7. The zero-order valence-electron chi connectivity index (χ0n) is 11.7. The molecule has 1 aromatic carbocycles. The smallest absolute Gasteiger partial charge is 0.294 e. The third kappa shape index (κ3) is 2.42. The summed E-state index contributed by atoms with van der Waals surface area (Å²) in [7, 11) is 0. The standard InChI is InChI=1S/C15H18N4O2/c16-9-8-11-4-3-7-13-12(11)10-17-18(13)14-5-1-2-6-15(14)19(20)21/h1-2,5-6,10-11H,3-4,7-9,16H2. The molecule has 1 aromatic heterocycles. The Bertz CT molecular complexity index is 665. The van der Waals surface area contributed by atoms with Crippen LogP contribution >= 0.6 is 0 Å².